The zero-order valence-corrected chi connectivity index (χ0v) is 11.4. The molecule has 1 unspecified atom stereocenters. The molecule has 2 rings (SSSR count). The van der Waals surface area contributed by atoms with Crippen LogP contribution in [-0.4, -0.2) is 28.9 Å². The first-order chi connectivity index (χ1) is 9.49. The van der Waals surface area contributed by atoms with Gasteiger partial charge < -0.3 is 11.1 Å². The van der Waals surface area contributed by atoms with Crippen LogP contribution in [0.15, 0.2) is 12.1 Å². The lowest BCUT2D eigenvalue weighted by atomic mass is 10.1. The molecule has 0 radical (unpaired) electrons. The van der Waals surface area contributed by atoms with Crippen LogP contribution >= 0.6 is 11.8 Å². The monoisotopic (exact) mass is 299 g/mol. The lowest BCUT2D eigenvalue weighted by molar-refractivity contribution is -0.385. The number of nitro groups is 1. The molecule has 0 spiro atoms. The van der Waals surface area contributed by atoms with Gasteiger partial charge in [-0.1, -0.05) is 0 Å². The highest BCUT2D eigenvalue weighted by Gasteiger charge is 2.24. The molecule has 0 aromatic heterocycles. The third kappa shape index (κ3) is 3.19. The molecule has 108 valence electrons. The van der Waals surface area contributed by atoms with Gasteiger partial charge in [0, 0.05) is 6.54 Å². The van der Waals surface area contributed by atoms with E-state index in [-0.39, 0.29) is 11.3 Å². The van der Waals surface area contributed by atoms with Crippen LogP contribution in [-0.2, 0) is 0 Å². The second-order valence-electron chi connectivity index (χ2n) is 4.59. The number of hydrogen-bond donors (Lipinski definition) is 2. The Morgan fingerprint density at radius 3 is 2.95 bits per heavy atom. The maximum absolute atomic E-state index is 13.3. The van der Waals surface area contributed by atoms with Crippen molar-refractivity contribution in [2.45, 2.75) is 6.42 Å². The Morgan fingerprint density at radius 2 is 2.35 bits per heavy atom. The van der Waals surface area contributed by atoms with Gasteiger partial charge in [0.1, 0.15) is 5.56 Å². The van der Waals surface area contributed by atoms with E-state index in [0.29, 0.717) is 18.5 Å². The molecule has 6 nitrogen and oxygen atoms in total. The van der Waals surface area contributed by atoms with E-state index in [0.717, 1.165) is 24.0 Å². The number of amides is 1. The highest BCUT2D eigenvalue weighted by atomic mass is 32.2. The molecule has 1 aliphatic rings. The fourth-order valence-electron chi connectivity index (χ4n) is 1.99. The SMILES string of the molecule is Nc1cc(C(=O)NCC2CCSC2)c([N+](=O)[O-])cc1F. The van der Waals surface area contributed by atoms with Crippen molar-refractivity contribution in [3.8, 4) is 0 Å². The molecule has 20 heavy (non-hydrogen) atoms. The minimum absolute atomic E-state index is 0.209. The summed E-state index contributed by atoms with van der Waals surface area (Å²) >= 11 is 1.81. The summed E-state index contributed by atoms with van der Waals surface area (Å²) in [6.07, 6.45) is 1.01. The molecule has 1 aliphatic heterocycles. The Kier molecular flexibility index (Phi) is 4.43. The standard InChI is InChI=1S/C12H14FN3O3S/c13-9-4-11(16(18)19)8(3-10(9)14)12(17)15-5-7-1-2-20-6-7/h3-4,7H,1-2,5-6,14H2,(H,15,17). The summed E-state index contributed by atoms with van der Waals surface area (Å²) in [5, 5.41) is 13.5. The number of nitrogen functional groups attached to an aromatic ring is 1. The number of nitrogens with one attached hydrogen (secondary N) is 1. The van der Waals surface area contributed by atoms with Crippen molar-refractivity contribution in [2.75, 3.05) is 23.8 Å². The summed E-state index contributed by atoms with van der Waals surface area (Å²) in [5.74, 6) is 0.902. The first-order valence-electron chi connectivity index (χ1n) is 6.08. The van der Waals surface area contributed by atoms with Gasteiger partial charge in [-0.25, -0.2) is 4.39 Å². The fraction of sp³-hybridized carbons (Fsp3) is 0.417. The zero-order chi connectivity index (χ0) is 14.7. The fourth-order valence-corrected chi connectivity index (χ4v) is 3.27. The average molecular weight is 299 g/mol. The van der Waals surface area contributed by atoms with Crippen molar-refractivity contribution in [2.24, 2.45) is 5.92 Å². The molecular weight excluding hydrogens is 285 g/mol. The lowest BCUT2D eigenvalue weighted by Crippen LogP contribution is -2.30. The number of carbonyl (C=O) groups is 1. The van der Waals surface area contributed by atoms with E-state index >= 15 is 0 Å². The predicted octanol–water partition coefficient (Wildman–Crippen LogP) is 1.80. The van der Waals surface area contributed by atoms with E-state index in [4.69, 9.17) is 5.73 Å². The molecule has 1 saturated heterocycles. The van der Waals surface area contributed by atoms with Crippen LogP contribution < -0.4 is 11.1 Å². The van der Waals surface area contributed by atoms with Crippen molar-refractivity contribution in [1.29, 1.82) is 0 Å². The number of halogens is 1. The Balaban J connectivity index is 2.15. The molecule has 0 aliphatic carbocycles. The highest BCUT2D eigenvalue weighted by Crippen LogP contribution is 2.25. The van der Waals surface area contributed by atoms with Crippen molar-refractivity contribution in [3.63, 3.8) is 0 Å². The number of carbonyl (C=O) groups excluding carboxylic acids is 1. The number of benzene rings is 1. The summed E-state index contributed by atoms with van der Waals surface area (Å²) in [7, 11) is 0. The minimum atomic E-state index is -0.902. The van der Waals surface area contributed by atoms with E-state index in [2.05, 4.69) is 5.32 Å². The van der Waals surface area contributed by atoms with Crippen LogP contribution in [0.1, 0.15) is 16.8 Å². The van der Waals surface area contributed by atoms with E-state index in [1.807, 2.05) is 11.8 Å². The van der Waals surface area contributed by atoms with Crippen molar-refractivity contribution >= 4 is 29.0 Å². The number of nitro benzene ring substituents is 1. The summed E-state index contributed by atoms with van der Waals surface area (Å²) in [6.45, 7) is 0.459. The molecule has 1 heterocycles. The van der Waals surface area contributed by atoms with Gasteiger partial charge in [-0.2, -0.15) is 11.8 Å². The molecule has 1 fully saturated rings. The van der Waals surface area contributed by atoms with Crippen LogP contribution in [0.3, 0.4) is 0 Å². The van der Waals surface area contributed by atoms with Crippen LogP contribution in [0.4, 0.5) is 15.8 Å². The molecule has 1 atom stereocenters. The van der Waals surface area contributed by atoms with Crippen LogP contribution in [0.5, 0.6) is 0 Å². The van der Waals surface area contributed by atoms with Crippen molar-refractivity contribution in [3.05, 3.63) is 33.6 Å². The summed E-state index contributed by atoms with van der Waals surface area (Å²) in [6, 6.07) is 1.68. The maximum atomic E-state index is 13.3. The van der Waals surface area contributed by atoms with E-state index in [1.165, 1.54) is 0 Å². The number of nitrogens with zero attached hydrogens (tertiary/aromatic N) is 1. The number of anilines is 1. The van der Waals surface area contributed by atoms with Gasteiger partial charge in [-0.05, 0) is 29.9 Å². The van der Waals surface area contributed by atoms with Crippen molar-refractivity contribution < 1.29 is 14.1 Å². The van der Waals surface area contributed by atoms with Crippen LogP contribution in [0, 0.1) is 21.8 Å². The Hall–Kier alpha value is -1.83. The molecule has 1 amide bonds. The summed E-state index contributed by atoms with van der Waals surface area (Å²) in [4.78, 5) is 22.1. The summed E-state index contributed by atoms with van der Waals surface area (Å²) < 4.78 is 13.3. The van der Waals surface area contributed by atoms with Gasteiger partial charge in [-0.15, -0.1) is 0 Å². The van der Waals surface area contributed by atoms with Gasteiger partial charge in [-0.3, -0.25) is 14.9 Å². The quantitative estimate of drug-likeness (QED) is 0.502. The van der Waals surface area contributed by atoms with Crippen molar-refractivity contribution in [1.82, 2.24) is 5.32 Å². The average Bonchev–Trinajstić information content (AvgIpc) is 2.91. The highest BCUT2D eigenvalue weighted by molar-refractivity contribution is 7.99. The third-order valence-electron chi connectivity index (χ3n) is 3.13. The first kappa shape index (κ1) is 14.6. The van der Waals surface area contributed by atoms with Gasteiger partial charge in [0.2, 0.25) is 0 Å². The topological polar surface area (TPSA) is 98.3 Å². The first-order valence-corrected chi connectivity index (χ1v) is 7.24. The van der Waals surface area contributed by atoms with Gasteiger partial charge in [0.25, 0.3) is 11.6 Å². The summed E-state index contributed by atoms with van der Waals surface area (Å²) in [5.41, 5.74) is 4.30. The molecular formula is C12H14FN3O3S. The molecule has 1 aromatic carbocycles. The normalized spacial score (nSPS) is 17.9. The van der Waals surface area contributed by atoms with E-state index in [9.17, 15) is 19.3 Å². The lowest BCUT2D eigenvalue weighted by Gasteiger charge is -2.10. The van der Waals surface area contributed by atoms with Gasteiger partial charge in [0.05, 0.1) is 16.7 Å². The second-order valence-corrected chi connectivity index (χ2v) is 5.74. The predicted molar refractivity (Wildman–Crippen MR) is 75.2 cm³/mol. The van der Waals surface area contributed by atoms with Gasteiger partial charge >= 0.3 is 0 Å². The van der Waals surface area contributed by atoms with E-state index in [1.54, 1.807) is 0 Å². The molecule has 1 aromatic rings. The minimum Gasteiger partial charge on any atom is -0.396 e. The number of rotatable bonds is 4. The number of hydrogen-bond acceptors (Lipinski definition) is 5. The van der Waals surface area contributed by atoms with Gasteiger partial charge in [0.15, 0.2) is 5.82 Å². The molecule has 3 N–H and O–H groups in total. The molecule has 8 heteroatoms. The zero-order valence-electron chi connectivity index (χ0n) is 10.6. The third-order valence-corrected chi connectivity index (χ3v) is 4.36. The van der Waals surface area contributed by atoms with Crippen LogP contribution in [0.25, 0.3) is 0 Å². The Labute approximate surface area is 119 Å². The maximum Gasteiger partial charge on any atom is 0.285 e. The smallest absolute Gasteiger partial charge is 0.285 e. The Morgan fingerprint density at radius 1 is 1.60 bits per heavy atom. The van der Waals surface area contributed by atoms with Crippen LogP contribution in [0.2, 0.25) is 0 Å². The largest absolute Gasteiger partial charge is 0.396 e. The molecule has 0 saturated carbocycles. The van der Waals surface area contributed by atoms with E-state index < -0.39 is 22.3 Å². The Bertz CT molecular complexity index is 547. The molecule has 0 bridgehead atoms. The number of thioether (sulfide) groups is 1. The number of nitrogens with two attached hydrogens (primary N) is 1. The second kappa shape index (κ2) is 6.08.